The van der Waals surface area contributed by atoms with Crippen LogP contribution in [-0.2, 0) is 14.8 Å². The minimum absolute atomic E-state index is 0.0182. The number of phenolic OH excluding ortho intramolecular Hbond substituents is 1. The molecule has 1 saturated carbocycles. The van der Waals surface area contributed by atoms with Crippen molar-refractivity contribution in [3.63, 3.8) is 0 Å². The molecule has 2 fully saturated rings. The number of H-pyrrole nitrogens is 1. The number of carbonyl (C=O) groups excluding carboxylic acids is 1. The van der Waals surface area contributed by atoms with Crippen LogP contribution in [0.3, 0.4) is 0 Å². The molecule has 1 aliphatic carbocycles. The first kappa shape index (κ1) is 29.0. The van der Waals surface area contributed by atoms with E-state index in [1.165, 1.54) is 6.07 Å². The zero-order valence-corrected chi connectivity index (χ0v) is 23.1. The highest BCUT2D eigenvalue weighted by Gasteiger charge is 2.37. The van der Waals surface area contributed by atoms with Crippen molar-refractivity contribution in [3.05, 3.63) is 66.9 Å². The lowest BCUT2D eigenvalue weighted by Gasteiger charge is -2.19. The molecule has 17 heteroatoms. The molecule has 1 atom stereocenters. The summed E-state index contributed by atoms with van der Waals surface area (Å²) in [6.07, 6.45) is -1.20. The van der Waals surface area contributed by atoms with Crippen LogP contribution in [0.25, 0.3) is 5.69 Å². The summed E-state index contributed by atoms with van der Waals surface area (Å²) in [6, 6.07) is 5.32. The number of aromatic hydroxyl groups is 1. The number of amides is 1. The molecule has 2 aliphatic rings. The fourth-order valence-corrected chi connectivity index (χ4v) is 6.40. The highest BCUT2D eigenvalue weighted by molar-refractivity contribution is 7.89. The van der Waals surface area contributed by atoms with Crippen LogP contribution < -0.4 is 21.3 Å². The van der Waals surface area contributed by atoms with Crippen LogP contribution in [0.5, 0.6) is 17.2 Å². The monoisotopic (exact) mass is 631 g/mol. The van der Waals surface area contributed by atoms with E-state index in [1.54, 1.807) is 4.98 Å². The number of phenols is 1. The van der Waals surface area contributed by atoms with Crippen LogP contribution >= 0.6 is 23.2 Å². The second-order valence-corrected chi connectivity index (χ2v) is 12.2. The fourth-order valence-electron chi connectivity index (χ4n) is 4.25. The number of nitrogens with one attached hydrogen (secondary N) is 2. The van der Waals surface area contributed by atoms with Gasteiger partial charge in [0, 0.05) is 31.1 Å². The molecular weight excluding hydrogens is 611 g/mol. The van der Waals surface area contributed by atoms with E-state index in [0.717, 1.165) is 41.4 Å². The van der Waals surface area contributed by atoms with Gasteiger partial charge in [0.2, 0.25) is 15.9 Å². The van der Waals surface area contributed by atoms with Crippen molar-refractivity contribution in [2.45, 2.75) is 36.6 Å². The Labute approximate surface area is 240 Å². The maximum absolute atomic E-state index is 13.3. The van der Waals surface area contributed by atoms with Gasteiger partial charge in [0.15, 0.2) is 11.4 Å². The maximum Gasteiger partial charge on any atom is 0.349 e. The van der Waals surface area contributed by atoms with Gasteiger partial charge in [0.25, 0.3) is 12.0 Å². The number of carbonyl (C=O) groups is 1. The number of sulfonamides is 1. The van der Waals surface area contributed by atoms with E-state index < -0.39 is 44.0 Å². The van der Waals surface area contributed by atoms with Crippen LogP contribution in [0.4, 0.5) is 8.78 Å². The van der Waals surface area contributed by atoms with Gasteiger partial charge in [-0.05, 0) is 43.5 Å². The molecule has 0 radical (unpaired) electrons. The van der Waals surface area contributed by atoms with Gasteiger partial charge in [-0.3, -0.25) is 14.6 Å². The third kappa shape index (κ3) is 5.93. The first-order chi connectivity index (χ1) is 19.3. The summed E-state index contributed by atoms with van der Waals surface area (Å²) in [5.74, 6) is -0.899. The van der Waals surface area contributed by atoms with Gasteiger partial charge in [-0.2, -0.15) is 14.1 Å². The molecule has 1 saturated heterocycles. The smallest absolute Gasteiger partial charge is 0.349 e. The van der Waals surface area contributed by atoms with E-state index in [0.29, 0.717) is 11.1 Å². The van der Waals surface area contributed by atoms with Gasteiger partial charge in [-0.25, -0.2) is 22.0 Å². The largest absolute Gasteiger partial charge is 0.507 e. The molecule has 3 N–H and O–H groups in total. The van der Waals surface area contributed by atoms with Gasteiger partial charge in [-0.15, -0.1) is 0 Å². The zero-order chi connectivity index (χ0) is 29.6. The van der Waals surface area contributed by atoms with Crippen LogP contribution in [-0.4, -0.2) is 57.6 Å². The normalized spacial score (nSPS) is 17.6. The van der Waals surface area contributed by atoms with Crippen LogP contribution in [0.15, 0.2) is 44.8 Å². The van der Waals surface area contributed by atoms with Crippen LogP contribution in [0.2, 0.25) is 10.0 Å². The van der Waals surface area contributed by atoms with Gasteiger partial charge < -0.3 is 15.2 Å². The first-order valence-corrected chi connectivity index (χ1v) is 14.4. The SMILES string of the molecule is O=C(N[C@H]1CCN(S(=O)(=O)c2cc(Oc3c(Cl)cc(-n4nc(C(F)F)c(=O)[nH]c4=O)cc3Cl)ccc2O)C1)C1CC1. The summed E-state index contributed by atoms with van der Waals surface area (Å²) in [7, 11) is -4.19. The lowest BCUT2D eigenvalue weighted by molar-refractivity contribution is -0.122. The lowest BCUT2D eigenvalue weighted by atomic mass is 10.2. The molecule has 41 heavy (non-hydrogen) atoms. The van der Waals surface area contributed by atoms with Crippen molar-refractivity contribution in [2.75, 3.05) is 13.1 Å². The van der Waals surface area contributed by atoms with Crippen molar-refractivity contribution < 1.29 is 31.8 Å². The number of halogens is 4. The van der Waals surface area contributed by atoms with E-state index in [4.69, 9.17) is 27.9 Å². The molecule has 2 heterocycles. The first-order valence-electron chi connectivity index (χ1n) is 12.2. The molecule has 0 unspecified atom stereocenters. The van der Waals surface area contributed by atoms with Crippen molar-refractivity contribution in [2.24, 2.45) is 5.92 Å². The fraction of sp³-hybridized carbons (Fsp3) is 0.333. The standard InChI is InChI=1S/C24H21Cl2F2N5O7S/c25-15-7-13(33-24(37)30-23(36)19(31-33)21(27)28)8-16(26)20(15)40-14-3-4-17(34)18(9-14)41(38,39)32-6-5-12(10-32)29-22(35)11-1-2-11/h3-4,7-9,11-12,21,34H,1-2,5-6,10H2,(H,29,35)(H,30,36,37)/t12-/m0/s1. The van der Waals surface area contributed by atoms with Gasteiger partial charge in [0.1, 0.15) is 16.4 Å². The second-order valence-electron chi connectivity index (χ2n) is 9.46. The zero-order valence-electron chi connectivity index (χ0n) is 20.8. The number of rotatable bonds is 8. The van der Waals surface area contributed by atoms with Gasteiger partial charge in [0.05, 0.1) is 15.7 Å². The summed E-state index contributed by atoms with van der Waals surface area (Å²) in [5.41, 5.74) is -3.82. The number of alkyl halides is 2. The summed E-state index contributed by atoms with van der Waals surface area (Å²) in [4.78, 5) is 37.1. The summed E-state index contributed by atoms with van der Waals surface area (Å²) < 4.78 is 60.2. The quantitative estimate of drug-likeness (QED) is 0.341. The number of aromatic nitrogens is 3. The van der Waals surface area contributed by atoms with Crippen molar-refractivity contribution in [1.82, 2.24) is 24.4 Å². The van der Waals surface area contributed by atoms with Crippen molar-refractivity contribution >= 4 is 39.1 Å². The Morgan fingerprint density at radius 3 is 2.46 bits per heavy atom. The van der Waals surface area contributed by atoms with Crippen molar-refractivity contribution in [1.29, 1.82) is 0 Å². The van der Waals surface area contributed by atoms with E-state index in [2.05, 4.69) is 10.4 Å². The summed E-state index contributed by atoms with van der Waals surface area (Å²) in [5, 5.41) is 16.2. The lowest BCUT2D eigenvalue weighted by Crippen LogP contribution is -2.39. The predicted molar refractivity (Wildman–Crippen MR) is 142 cm³/mol. The molecule has 1 aliphatic heterocycles. The topological polar surface area (TPSA) is 164 Å². The van der Waals surface area contributed by atoms with E-state index >= 15 is 0 Å². The number of nitrogens with zero attached hydrogens (tertiary/aromatic N) is 3. The number of ether oxygens (including phenoxy) is 1. The molecule has 2 aromatic carbocycles. The molecule has 218 valence electrons. The predicted octanol–water partition coefficient (Wildman–Crippen LogP) is 2.95. The van der Waals surface area contributed by atoms with Gasteiger partial charge >= 0.3 is 5.69 Å². The number of aromatic amines is 1. The Morgan fingerprint density at radius 1 is 1.15 bits per heavy atom. The highest BCUT2D eigenvalue weighted by atomic mass is 35.5. The third-order valence-corrected chi connectivity index (χ3v) is 8.96. The maximum atomic E-state index is 13.3. The van der Waals surface area contributed by atoms with Crippen LogP contribution in [0, 0.1) is 5.92 Å². The summed E-state index contributed by atoms with van der Waals surface area (Å²) in [6.45, 7) is 0.170. The Morgan fingerprint density at radius 2 is 1.83 bits per heavy atom. The van der Waals surface area contributed by atoms with Crippen LogP contribution in [0.1, 0.15) is 31.4 Å². The summed E-state index contributed by atoms with van der Waals surface area (Å²) >= 11 is 12.6. The Balaban J connectivity index is 1.39. The number of benzene rings is 2. The van der Waals surface area contributed by atoms with Gasteiger partial charge in [-0.1, -0.05) is 23.2 Å². The Kier molecular flexibility index (Phi) is 7.80. The molecule has 1 amide bonds. The minimum Gasteiger partial charge on any atom is -0.507 e. The Bertz CT molecular complexity index is 1740. The minimum atomic E-state index is -4.19. The van der Waals surface area contributed by atoms with Crippen molar-refractivity contribution in [3.8, 4) is 22.9 Å². The molecule has 0 spiro atoms. The number of hydrogen-bond donors (Lipinski definition) is 3. The molecule has 0 bridgehead atoms. The molecule has 5 rings (SSSR count). The molecule has 12 nitrogen and oxygen atoms in total. The average molecular weight is 632 g/mol. The molecular formula is C24H21Cl2F2N5O7S. The molecule has 3 aromatic rings. The van der Waals surface area contributed by atoms with E-state index in [1.807, 2.05) is 0 Å². The third-order valence-electron chi connectivity index (χ3n) is 6.50. The number of hydrogen-bond acceptors (Lipinski definition) is 8. The van der Waals surface area contributed by atoms with E-state index in [9.17, 15) is 36.7 Å². The molecule has 1 aromatic heterocycles. The average Bonchev–Trinajstić information content (AvgIpc) is 3.65. The van der Waals surface area contributed by atoms with E-state index in [-0.39, 0.29) is 58.2 Å². The second kappa shape index (κ2) is 11.0. The highest BCUT2D eigenvalue weighted by Crippen LogP contribution is 2.40. The Hall–Kier alpha value is -3.53.